The van der Waals surface area contributed by atoms with Gasteiger partial charge in [0.25, 0.3) is 0 Å². The number of methoxy groups -OCH3 is 1. The first-order chi connectivity index (χ1) is 7.35. The molecule has 1 N–H and O–H groups in total. The summed E-state index contributed by atoms with van der Waals surface area (Å²) < 4.78 is 4.90. The number of hydrogen-bond donors (Lipinski definition) is 1. The third-order valence-electron chi connectivity index (χ3n) is 4.66. The summed E-state index contributed by atoms with van der Waals surface area (Å²) in [5.74, 6) is -0.209. The summed E-state index contributed by atoms with van der Waals surface area (Å²) in [7, 11) is 1.42. The van der Waals surface area contributed by atoms with Crippen LogP contribution in [0.4, 0.5) is 0 Å². The second kappa shape index (κ2) is 3.46. The van der Waals surface area contributed by atoms with E-state index in [0.717, 1.165) is 38.5 Å². The summed E-state index contributed by atoms with van der Waals surface area (Å²) in [6.45, 7) is 4.32. The molecule has 2 aliphatic carbocycles. The van der Waals surface area contributed by atoms with Crippen molar-refractivity contribution in [3.8, 4) is 0 Å². The molecule has 2 saturated carbocycles. The summed E-state index contributed by atoms with van der Waals surface area (Å²) in [6, 6.07) is 0. The number of rotatable bonds is 2. The van der Waals surface area contributed by atoms with Crippen molar-refractivity contribution in [3.63, 3.8) is 0 Å². The first-order valence-corrected chi connectivity index (χ1v) is 6.16. The average Bonchev–Trinajstić information content (AvgIpc) is 2.39. The molecule has 0 amide bonds. The van der Waals surface area contributed by atoms with Crippen LogP contribution in [0.3, 0.4) is 0 Å². The van der Waals surface area contributed by atoms with E-state index in [4.69, 9.17) is 4.74 Å². The Balaban J connectivity index is 2.25. The van der Waals surface area contributed by atoms with Gasteiger partial charge in [-0.25, -0.2) is 0 Å². The molecule has 0 heterocycles. The molecular formula is C13H22O3. The van der Waals surface area contributed by atoms with Crippen molar-refractivity contribution in [1.82, 2.24) is 0 Å². The fraction of sp³-hybridized carbons (Fsp3) is 0.923. The summed E-state index contributed by atoms with van der Waals surface area (Å²) in [5.41, 5.74) is -1.29. The van der Waals surface area contributed by atoms with Gasteiger partial charge in [0.1, 0.15) is 0 Å². The van der Waals surface area contributed by atoms with Gasteiger partial charge in [-0.15, -0.1) is 0 Å². The van der Waals surface area contributed by atoms with Crippen LogP contribution >= 0.6 is 0 Å². The molecule has 1 unspecified atom stereocenters. The van der Waals surface area contributed by atoms with E-state index in [0.29, 0.717) is 0 Å². The maximum Gasteiger partial charge on any atom is 0.314 e. The number of hydrogen-bond acceptors (Lipinski definition) is 3. The van der Waals surface area contributed by atoms with Crippen LogP contribution in [0.25, 0.3) is 0 Å². The van der Waals surface area contributed by atoms with Gasteiger partial charge < -0.3 is 9.84 Å². The fourth-order valence-electron chi connectivity index (χ4n) is 3.51. The minimum atomic E-state index is -0.832. The van der Waals surface area contributed by atoms with Gasteiger partial charge in [-0.2, -0.15) is 0 Å². The SMILES string of the molecule is COC(=O)C1(C2(O)CCC(C)(C)C2)CCC1. The van der Waals surface area contributed by atoms with E-state index >= 15 is 0 Å². The molecule has 3 heteroatoms. The minimum absolute atomic E-state index is 0.144. The molecule has 0 aromatic rings. The van der Waals surface area contributed by atoms with Crippen LogP contribution in [0.1, 0.15) is 52.4 Å². The molecule has 2 rings (SSSR count). The van der Waals surface area contributed by atoms with Crippen molar-refractivity contribution in [3.05, 3.63) is 0 Å². The molecule has 1 atom stereocenters. The van der Waals surface area contributed by atoms with Crippen molar-refractivity contribution in [2.45, 2.75) is 58.0 Å². The normalized spacial score (nSPS) is 35.5. The maximum atomic E-state index is 11.9. The van der Waals surface area contributed by atoms with Crippen LogP contribution in [0.5, 0.6) is 0 Å². The smallest absolute Gasteiger partial charge is 0.314 e. The van der Waals surface area contributed by atoms with E-state index in [2.05, 4.69) is 13.8 Å². The first kappa shape index (κ1) is 11.9. The van der Waals surface area contributed by atoms with Crippen LogP contribution < -0.4 is 0 Å². The third kappa shape index (κ3) is 1.48. The van der Waals surface area contributed by atoms with E-state index in [1.54, 1.807) is 0 Å². The minimum Gasteiger partial charge on any atom is -0.469 e. The van der Waals surface area contributed by atoms with Gasteiger partial charge in [-0.3, -0.25) is 4.79 Å². The highest BCUT2D eigenvalue weighted by Crippen LogP contribution is 2.59. The highest BCUT2D eigenvalue weighted by Gasteiger charge is 2.63. The zero-order valence-corrected chi connectivity index (χ0v) is 10.5. The Bertz CT molecular complexity index is 304. The predicted molar refractivity (Wildman–Crippen MR) is 60.9 cm³/mol. The molecule has 0 saturated heterocycles. The van der Waals surface area contributed by atoms with Gasteiger partial charge in [-0.05, 0) is 37.5 Å². The molecule has 16 heavy (non-hydrogen) atoms. The largest absolute Gasteiger partial charge is 0.469 e. The fourth-order valence-corrected chi connectivity index (χ4v) is 3.51. The van der Waals surface area contributed by atoms with E-state index < -0.39 is 11.0 Å². The summed E-state index contributed by atoms with van der Waals surface area (Å²) >= 11 is 0. The predicted octanol–water partition coefficient (Wildman–Crippen LogP) is 2.27. The number of esters is 1. The van der Waals surface area contributed by atoms with Crippen molar-refractivity contribution < 1.29 is 14.6 Å². The third-order valence-corrected chi connectivity index (χ3v) is 4.66. The lowest BCUT2D eigenvalue weighted by Crippen LogP contribution is -2.56. The van der Waals surface area contributed by atoms with Gasteiger partial charge >= 0.3 is 5.97 Å². The zero-order chi connectivity index (χ0) is 12.0. The average molecular weight is 226 g/mol. The lowest BCUT2D eigenvalue weighted by atomic mass is 9.57. The van der Waals surface area contributed by atoms with Crippen LogP contribution in [0, 0.1) is 10.8 Å². The summed E-state index contributed by atoms with van der Waals surface area (Å²) in [5, 5.41) is 10.8. The molecule has 0 spiro atoms. The molecule has 0 aromatic heterocycles. The van der Waals surface area contributed by atoms with Gasteiger partial charge in [-0.1, -0.05) is 20.3 Å². The number of carbonyl (C=O) groups excluding carboxylic acids is 1. The van der Waals surface area contributed by atoms with Crippen LogP contribution in [-0.4, -0.2) is 23.8 Å². The molecule has 2 fully saturated rings. The van der Waals surface area contributed by atoms with Gasteiger partial charge in [0.05, 0.1) is 18.1 Å². The Morgan fingerprint density at radius 3 is 2.12 bits per heavy atom. The van der Waals surface area contributed by atoms with E-state index in [1.807, 2.05) is 0 Å². The molecule has 0 bridgehead atoms. The Kier molecular flexibility index (Phi) is 2.57. The Hall–Kier alpha value is -0.570. The number of aliphatic hydroxyl groups is 1. The molecular weight excluding hydrogens is 204 g/mol. The molecule has 0 aromatic carbocycles. The van der Waals surface area contributed by atoms with Crippen LogP contribution in [-0.2, 0) is 9.53 Å². The van der Waals surface area contributed by atoms with E-state index in [1.165, 1.54) is 7.11 Å². The number of carbonyl (C=O) groups is 1. The van der Waals surface area contributed by atoms with Crippen molar-refractivity contribution >= 4 is 5.97 Å². The monoisotopic (exact) mass is 226 g/mol. The van der Waals surface area contributed by atoms with Crippen molar-refractivity contribution in [2.24, 2.45) is 10.8 Å². The highest BCUT2D eigenvalue weighted by atomic mass is 16.5. The molecule has 0 aliphatic heterocycles. The van der Waals surface area contributed by atoms with Crippen molar-refractivity contribution in [1.29, 1.82) is 0 Å². The van der Waals surface area contributed by atoms with Crippen LogP contribution in [0.15, 0.2) is 0 Å². The lowest BCUT2D eigenvalue weighted by Gasteiger charge is -2.49. The topological polar surface area (TPSA) is 46.5 Å². The van der Waals surface area contributed by atoms with Gasteiger partial charge in [0.2, 0.25) is 0 Å². The number of ether oxygens (including phenoxy) is 1. The van der Waals surface area contributed by atoms with Crippen molar-refractivity contribution in [2.75, 3.05) is 7.11 Å². The molecule has 92 valence electrons. The first-order valence-electron chi connectivity index (χ1n) is 6.16. The second-order valence-corrected chi connectivity index (χ2v) is 6.30. The van der Waals surface area contributed by atoms with E-state index in [-0.39, 0.29) is 11.4 Å². The van der Waals surface area contributed by atoms with Gasteiger partial charge in [0.15, 0.2) is 0 Å². The van der Waals surface area contributed by atoms with E-state index in [9.17, 15) is 9.90 Å². The zero-order valence-electron chi connectivity index (χ0n) is 10.5. The van der Waals surface area contributed by atoms with Crippen LogP contribution in [0.2, 0.25) is 0 Å². The Morgan fingerprint density at radius 1 is 1.19 bits per heavy atom. The second-order valence-electron chi connectivity index (χ2n) is 6.30. The highest BCUT2D eigenvalue weighted by molar-refractivity contribution is 5.79. The molecule has 3 nitrogen and oxygen atoms in total. The quantitative estimate of drug-likeness (QED) is 0.735. The summed E-state index contributed by atoms with van der Waals surface area (Å²) in [4.78, 5) is 11.9. The lowest BCUT2D eigenvalue weighted by molar-refractivity contribution is -0.188. The molecule has 2 aliphatic rings. The maximum absolute atomic E-state index is 11.9. The van der Waals surface area contributed by atoms with Gasteiger partial charge in [0, 0.05) is 0 Å². The molecule has 0 radical (unpaired) electrons. The summed E-state index contributed by atoms with van der Waals surface area (Å²) in [6.07, 6.45) is 5.03. The Morgan fingerprint density at radius 2 is 1.81 bits per heavy atom. The Labute approximate surface area is 97.2 Å². The standard InChI is InChI=1S/C13H22O3/c1-11(2)7-8-13(15,9-11)12(5-4-6-12)10(14)16-3/h15H,4-9H2,1-3H3.